The first kappa shape index (κ1) is 16.7. The molecule has 2 saturated heterocycles. The number of nitrogens with one attached hydrogen (secondary N) is 1. The summed E-state index contributed by atoms with van der Waals surface area (Å²) in [7, 11) is 5.94. The van der Waals surface area contributed by atoms with E-state index in [2.05, 4.69) is 5.32 Å². The van der Waals surface area contributed by atoms with Gasteiger partial charge in [0.05, 0.1) is 6.61 Å². The number of nitrogens with zero attached hydrogens (tertiary/aromatic N) is 3. The standard InChI is InChI=1S/C12H22N4O6/c1-19-5-12-9(13-10(17)15(12)7-21-3)14(6-20-2)11(18)16(12)8-22-4/h9H,5-8H2,1-4H3,(H,13,17). The normalized spacial score (nSPS) is 27.6. The summed E-state index contributed by atoms with van der Waals surface area (Å²) in [4.78, 5) is 29.2. The van der Waals surface area contributed by atoms with Gasteiger partial charge in [0.25, 0.3) is 0 Å². The number of methoxy groups -OCH3 is 4. The molecule has 126 valence electrons. The molecule has 2 atom stereocenters. The molecule has 0 spiro atoms. The molecule has 22 heavy (non-hydrogen) atoms. The van der Waals surface area contributed by atoms with Crippen LogP contribution < -0.4 is 5.32 Å². The highest BCUT2D eigenvalue weighted by Crippen LogP contribution is 2.39. The van der Waals surface area contributed by atoms with Crippen LogP contribution in [0.25, 0.3) is 0 Å². The maximum Gasteiger partial charge on any atom is 0.327 e. The molecular formula is C12H22N4O6. The SMILES string of the molecule is COCN1C(=O)N(COC)C2(COC)C1NC(=O)N2COC. The van der Waals surface area contributed by atoms with Crippen molar-refractivity contribution in [1.29, 1.82) is 0 Å². The van der Waals surface area contributed by atoms with E-state index >= 15 is 0 Å². The third kappa shape index (κ3) is 2.28. The smallest absolute Gasteiger partial charge is 0.327 e. The van der Waals surface area contributed by atoms with Gasteiger partial charge in [-0.3, -0.25) is 14.7 Å². The number of fused-ring (bicyclic) bond motifs is 1. The number of amides is 4. The lowest BCUT2D eigenvalue weighted by atomic mass is 10.1. The number of hydrogen-bond acceptors (Lipinski definition) is 6. The second kappa shape index (κ2) is 6.65. The summed E-state index contributed by atoms with van der Waals surface area (Å²) in [6, 6.07) is -0.662. The highest BCUT2D eigenvalue weighted by Gasteiger charge is 2.66. The molecule has 0 aromatic heterocycles. The minimum absolute atomic E-state index is 0.00802. The van der Waals surface area contributed by atoms with Crippen LogP contribution in [0.15, 0.2) is 0 Å². The molecule has 10 heteroatoms. The molecule has 0 radical (unpaired) electrons. The summed E-state index contributed by atoms with van der Waals surface area (Å²) in [6.07, 6.45) is -0.627. The zero-order chi connectivity index (χ0) is 16.3. The Hall–Kier alpha value is -1.62. The summed E-state index contributed by atoms with van der Waals surface area (Å²) in [5.41, 5.74) is -1.06. The summed E-state index contributed by atoms with van der Waals surface area (Å²) in [5.74, 6) is 0. The predicted octanol–water partition coefficient (Wildman–Crippen LogP) is -0.770. The first-order valence-electron chi connectivity index (χ1n) is 6.70. The van der Waals surface area contributed by atoms with Crippen molar-refractivity contribution >= 4 is 12.1 Å². The maximum atomic E-state index is 12.7. The van der Waals surface area contributed by atoms with E-state index in [1.807, 2.05) is 0 Å². The zero-order valence-electron chi connectivity index (χ0n) is 13.2. The van der Waals surface area contributed by atoms with Crippen LogP contribution in [0.5, 0.6) is 0 Å². The second-order valence-electron chi connectivity index (χ2n) is 5.03. The molecule has 2 heterocycles. The highest BCUT2D eigenvalue weighted by atomic mass is 16.5. The zero-order valence-corrected chi connectivity index (χ0v) is 13.2. The van der Waals surface area contributed by atoms with Gasteiger partial charge in [-0.25, -0.2) is 9.59 Å². The Morgan fingerprint density at radius 3 is 2.09 bits per heavy atom. The third-order valence-corrected chi connectivity index (χ3v) is 3.81. The van der Waals surface area contributed by atoms with Crippen molar-refractivity contribution in [3.8, 4) is 0 Å². The van der Waals surface area contributed by atoms with Crippen LogP contribution in [0, 0.1) is 0 Å². The largest absolute Gasteiger partial charge is 0.380 e. The van der Waals surface area contributed by atoms with Gasteiger partial charge in [0.15, 0.2) is 11.8 Å². The molecule has 4 amide bonds. The lowest BCUT2D eigenvalue weighted by molar-refractivity contribution is -0.101. The lowest BCUT2D eigenvalue weighted by Crippen LogP contribution is -2.63. The monoisotopic (exact) mass is 318 g/mol. The van der Waals surface area contributed by atoms with Crippen LogP contribution in [-0.4, -0.2) is 93.8 Å². The van der Waals surface area contributed by atoms with Crippen molar-refractivity contribution in [2.24, 2.45) is 0 Å². The lowest BCUT2D eigenvalue weighted by Gasteiger charge is -2.40. The average molecular weight is 318 g/mol. The Kier molecular flexibility index (Phi) is 5.06. The summed E-state index contributed by atoms with van der Waals surface area (Å²) in [6.45, 7) is 0.166. The van der Waals surface area contributed by atoms with E-state index in [1.165, 1.54) is 43.1 Å². The first-order chi connectivity index (χ1) is 10.6. The van der Waals surface area contributed by atoms with E-state index < -0.39 is 11.8 Å². The number of ether oxygens (including phenoxy) is 4. The molecule has 2 rings (SSSR count). The average Bonchev–Trinajstić information content (AvgIpc) is 2.86. The molecule has 2 aliphatic heterocycles. The summed E-state index contributed by atoms with van der Waals surface area (Å²) >= 11 is 0. The first-order valence-corrected chi connectivity index (χ1v) is 6.70. The summed E-state index contributed by atoms with van der Waals surface area (Å²) in [5, 5.41) is 2.78. The van der Waals surface area contributed by atoms with Crippen LogP contribution in [0.3, 0.4) is 0 Å². The second-order valence-corrected chi connectivity index (χ2v) is 5.03. The Morgan fingerprint density at radius 2 is 1.55 bits per heavy atom. The number of hydrogen-bond donors (Lipinski definition) is 1. The van der Waals surface area contributed by atoms with Gasteiger partial charge in [0, 0.05) is 28.4 Å². The molecule has 0 aromatic rings. The Bertz CT molecular complexity index is 436. The van der Waals surface area contributed by atoms with Crippen molar-refractivity contribution in [2.75, 3.05) is 55.2 Å². The van der Waals surface area contributed by atoms with E-state index in [0.29, 0.717) is 0 Å². The Balaban J connectivity index is 2.47. The van der Waals surface area contributed by atoms with E-state index in [1.54, 1.807) is 0 Å². The molecule has 10 nitrogen and oxygen atoms in total. The molecule has 2 aliphatic rings. The topological polar surface area (TPSA) is 92.8 Å². The predicted molar refractivity (Wildman–Crippen MR) is 73.5 cm³/mol. The molecule has 0 bridgehead atoms. The minimum Gasteiger partial charge on any atom is -0.380 e. The van der Waals surface area contributed by atoms with E-state index in [-0.39, 0.29) is 38.9 Å². The fourth-order valence-electron chi connectivity index (χ4n) is 3.00. The van der Waals surface area contributed by atoms with Crippen molar-refractivity contribution < 1.29 is 28.5 Å². The third-order valence-electron chi connectivity index (χ3n) is 3.81. The van der Waals surface area contributed by atoms with Gasteiger partial charge in [0.2, 0.25) is 0 Å². The quantitative estimate of drug-likeness (QED) is 0.632. The van der Waals surface area contributed by atoms with Gasteiger partial charge in [-0.2, -0.15) is 0 Å². The van der Waals surface area contributed by atoms with Crippen LogP contribution in [0.2, 0.25) is 0 Å². The van der Waals surface area contributed by atoms with Crippen LogP contribution in [-0.2, 0) is 18.9 Å². The van der Waals surface area contributed by atoms with Crippen molar-refractivity contribution in [3.63, 3.8) is 0 Å². The van der Waals surface area contributed by atoms with Gasteiger partial charge in [0.1, 0.15) is 20.2 Å². The van der Waals surface area contributed by atoms with Crippen LogP contribution in [0.1, 0.15) is 0 Å². The molecule has 0 aliphatic carbocycles. The van der Waals surface area contributed by atoms with E-state index in [9.17, 15) is 9.59 Å². The Labute approximate surface area is 128 Å². The van der Waals surface area contributed by atoms with Gasteiger partial charge in [-0.05, 0) is 0 Å². The maximum absolute atomic E-state index is 12.7. The fourth-order valence-corrected chi connectivity index (χ4v) is 3.00. The number of urea groups is 2. The van der Waals surface area contributed by atoms with E-state index in [0.717, 1.165) is 0 Å². The molecule has 1 N–H and O–H groups in total. The molecule has 0 aromatic carbocycles. The summed E-state index contributed by atoms with van der Waals surface area (Å²) < 4.78 is 20.6. The van der Waals surface area contributed by atoms with Crippen molar-refractivity contribution in [1.82, 2.24) is 20.0 Å². The molecular weight excluding hydrogens is 296 g/mol. The van der Waals surface area contributed by atoms with Gasteiger partial charge < -0.3 is 24.3 Å². The number of carbonyl (C=O) groups excluding carboxylic acids is 2. The van der Waals surface area contributed by atoms with Crippen molar-refractivity contribution in [3.05, 3.63) is 0 Å². The molecule has 2 fully saturated rings. The van der Waals surface area contributed by atoms with Crippen LogP contribution in [0.4, 0.5) is 9.59 Å². The van der Waals surface area contributed by atoms with E-state index in [4.69, 9.17) is 18.9 Å². The van der Waals surface area contributed by atoms with Gasteiger partial charge in [-0.15, -0.1) is 0 Å². The Morgan fingerprint density at radius 1 is 0.955 bits per heavy atom. The highest BCUT2D eigenvalue weighted by molar-refractivity contribution is 5.86. The molecule has 2 unspecified atom stereocenters. The molecule has 0 saturated carbocycles. The minimum atomic E-state index is -1.06. The van der Waals surface area contributed by atoms with Gasteiger partial charge >= 0.3 is 12.1 Å². The van der Waals surface area contributed by atoms with Crippen LogP contribution >= 0.6 is 0 Å². The van der Waals surface area contributed by atoms with Gasteiger partial charge in [-0.1, -0.05) is 0 Å². The fraction of sp³-hybridized carbons (Fsp3) is 0.833. The number of carbonyl (C=O) groups is 2. The van der Waals surface area contributed by atoms with Crippen molar-refractivity contribution in [2.45, 2.75) is 11.8 Å². The number of rotatable bonds is 8.